The van der Waals surface area contributed by atoms with Crippen LogP contribution in [0.4, 0.5) is 0 Å². The van der Waals surface area contributed by atoms with Gasteiger partial charge in [0, 0.05) is 10.9 Å². The molecule has 1 heterocycles. The first-order valence-electron chi connectivity index (χ1n) is 9.10. The van der Waals surface area contributed by atoms with Gasteiger partial charge < -0.3 is 14.2 Å². The molecule has 0 saturated heterocycles. The van der Waals surface area contributed by atoms with E-state index in [0.29, 0.717) is 5.92 Å². The van der Waals surface area contributed by atoms with Crippen molar-refractivity contribution in [2.45, 2.75) is 45.6 Å². The smallest absolute Gasteiger partial charge is 0.130 e. The largest absolute Gasteiger partial charge is 0.496 e. The molecule has 0 radical (unpaired) electrons. The van der Waals surface area contributed by atoms with Gasteiger partial charge in [0.1, 0.15) is 23.1 Å². The fourth-order valence-corrected chi connectivity index (χ4v) is 6.96. The number of methoxy groups -OCH3 is 2. The fraction of sp³-hybridized carbons (Fsp3) is 0.455. The third-order valence-electron chi connectivity index (χ3n) is 4.73. The van der Waals surface area contributed by atoms with Crippen LogP contribution < -0.4 is 19.5 Å². The Morgan fingerprint density at radius 3 is 2.04 bits per heavy atom. The number of benzene rings is 2. The zero-order valence-electron chi connectivity index (χ0n) is 16.8. The van der Waals surface area contributed by atoms with Crippen LogP contribution in [-0.4, -0.2) is 25.2 Å². The predicted octanol–water partition coefficient (Wildman–Crippen LogP) is 5.65. The van der Waals surface area contributed by atoms with Gasteiger partial charge >= 0.3 is 0 Å². The minimum absolute atomic E-state index is 0.140. The molecule has 0 aliphatic carbocycles. The molecule has 140 valence electrons. The highest BCUT2D eigenvalue weighted by molar-refractivity contribution is 7.68. The van der Waals surface area contributed by atoms with E-state index in [1.165, 1.54) is 10.9 Å². The van der Waals surface area contributed by atoms with Crippen molar-refractivity contribution >= 4 is 13.2 Å². The van der Waals surface area contributed by atoms with E-state index in [1.807, 2.05) is 18.2 Å². The van der Waals surface area contributed by atoms with E-state index in [4.69, 9.17) is 14.2 Å². The second kappa shape index (κ2) is 7.12. The molecular weight excluding hydrogens is 343 g/mol. The van der Waals surface area contributed by atoms with Crippen molar-refractivity contribution in [2.75, 3.05) is 14.2 Å². The molecule has 1 aliphatic rings. The Balaban J connectivity index is 2.29. The Labute approximate surface area is 158 Å². The third kappa shape index (κ3) is 3.18. The molecule has 2 aromatic carbocycles. The lowest BCUT2D eigenvalue weighted by Crippen LogP contribution is -2.28. The summed E-state index contributed by atoms with van der Waals surface area (Å²) in [6.45, 7) is 11.5. The van der Waals surface area contributed by atoms with E-state index in [-0.39, 0.29) is 11.0 Å². The SMILES string of the molecule is COc1cccc(OC)c1-c1cccc2c1P(C(C)(C)C)C(C(C)C)O2. The van der Waals surface area contributed by atoms with Crippen LogP contribution in [0.1, 0.15) is 34.6 Å². The number of hydrogen-bond donors (Lipinski definition) is 0. The van der Waals surface area contributed by atoms with Crippen LogP contribution in [0, 0.1) is 5.92 Å². The number of fused-ring (bicyclic) bond motifs is 1. The first-order valence-corrected chi connectivity index (χ1v) is 10.5. The zero-order chi connectivity index (χ0) is 19.1. The molecule has 26 heavy (non-hydrogen) atoms. The van der Waals surface area contributed by atoms with Gasteiger partial charge in [-0.05, 0) is 37.2 Å². The van der Waals surface area contributed by atoms with Crippen LogP contribution in [0.5, 0.6) is 17.2 Å². The van der Waals surface area contributed by atoms with E-state index in [0.717, 1.165) is 22.8 Å². The highest BCUT2D eigenvalue weighted by Crippen LogP contribution is 2.62. The maximum atomic E-state index is 6.46. The normalized spacial score (nSPS) is 19.2. The Bertz CT molecular complexity index is 770. The molecule has 0 amide bonds. The van der Waals surface area contributed by atoms with Gasteiger partial charge in [-0.1, -0.05) is 52.8 Å². The summed E-state index contributed by atoms with van der Waals surface area (Å²) in [5.41, 5.74) is 2.18. The lowest BCUT2D eigenvalue weighted by Gasteiger charge is -2.34. The van der Waals surface area contributed by atoms with Crippen LogP contribution in [0.3, 0.4) is 0 Å². The van der Waals surface area contributed by atoms with Crippen LogP contribution in [0.15, 0.2) is 36.4 Å². The maximum absolute atomic E-state index is 6.46. The van der Waals surface area contributed by atoms with Crippen molar-refractivity contribution in [3.63, 3.8) is 0 Å². The van der Waals surface area contributed by atoms with Gasteiger partial charge in [-0.25, -0.2) is 0 Å². The highest BCUT2D eigenvalue weighted by Gasteiger charge is 2.44. The number of rotatable bonds is 4. The molecule has 0 saturated carbocycles. The molecule has 3 rings (SSSR count). The zero-order valence-corrected chi connectivity index (χ0v) is 17.7. The summed E-state index contributed by atoms with van der Waals surface area (Å²) >= 11 is 0. The Kier molecular flexibility index (Phi) is 5.21. The van der Waals surface area contributed by atoms with Crippen molar-refractivity contribution in [1.82, 2.24) is 0 Å². The Morgan fingerprint density at radius 1 is 0.962 bits per heavy atom. The second-order valence-corrected chi connectivity index (χ2v) is 11.0. The van der Waals surface area contributed by atoms with Gasteiger partial charge in [0.05, 0.1) is 19.8 Å². The molecule has 0 bridgehead atoms. The van der Waals surface area contributed by atoms with E-state index >= 15 is 0 Å². The summed E-state index contributed by atoms with van der Waals surface area (Å²) in [6, 6.07) is 12.3. The van der Waals surface area contributed by atoms with E-state index in [1.54, 1.807) is 14.2 Å². The first kappa shape index (κ1) is 19.0. The molecule has 3 nitrogen and oxygen atoms in total. The van der Waals surface area contributed by atoms with Gasteiger partial charge in [0.2, 0.25) is 0 Å². The monoisotopic (exact) mass is 372 g/mol. The summed E-state index contributed by atoms with van der Waals surface area (Å²) in [5, 5.41) is 1.47. The van der Waals surface area contributed by atoms with E-state index in [2.05, 4.69) is 52.8 Å². The first-order chi connectivity index (χ1) is 12.3. The summed E-state index contributed by atoms with van der Waals surface area (Å²) in [6.07, 6.45) is 0. The van der Waals surface area contributed by atoms with Crippen LogP contribution in [0.25, 0.3) is 11.1 Å². The average molecular weight is 372 g/mol. The molecule has 0 fully saturated rings. The summed E-state index contributed by atoms with van der Waals surface area (Å²) in [5.74, 6) is 3.35. The maximum Gasteiger partial charge on any atom is 0.130 e. The van der Waals surface area contributed by atoms with Gasteiger partial charge in [0.25, 0.3) is 0 Å². The van der Waals surface area contributed by atoms with Gasteiger partial charge in [0.15, 0.2) is 0 Å². The number of hydrogen-bond acceptors (Lipinski definition) is 3. The number of ether oxygens (including phenoxy) is 3. The summed E-state index contributed by atoms with van der Waals surface area (Å²) in [4.78, 5) is 0. The quantitative estimate of drug-likeness (QED) is 0.649. The van der Waals surface area contributed by atoms with E-state index < -0.39 is 7.92 Å². The molecular formula is C22H29O3P. The molecule has 4 heteroatoms. The van der Waals surface area contributed by atoms with Crippen molar-refractivity contribution in [3.8, 4) is 28.4 Å². The van der Waals surface area contributed by atoms with Crippen LogP contribution in [0.2, 0.25) is 0 Å². The van der Waals surface area contributed by atoms with Crippen LogP contribution in [-0.2, 0) is 0 Å². The van der Waals surface area contributed by atoms with Crippen LogP contribution >= 0.6 is 7.92 Å². The van der Waals surface area contributed by atoms with Crippen molar-refractivity contribution < 1.29 is 14.2 Å². The molecule has 0 aromatic heterocycles. The molecule has 2 aromatic rings. The van der Waals surface area contributed by atoms with Gasteiger partial charge in [-0.2, -0.15) is 0 Å². The second-order valence-electron chi connectivity index (χ2n) is 7.98. The lowest BCUT2D eigenvalue weighted by atomic mass is 10.0. The molecule has 0 N–H and O–H groups in total. The average Bonchev–Trinajstić information content (AvgIpc) is 3.01. The minimum atomic E-state index is -0.517. The topological polar surface area (TPSA) is 27.7 Å². The third-order valence-corrected chi connectivity index (χ3v) is 8.33. The standard InChI is InChI=1S/C22H29O3P/c1-14(2)21-25-18-13-8-10-15(20(18)26(21)22(3,4)5)19-16(23-6)11-9-12-17(19)24-7/h8-14,21H,1-7H3. The van der Waals surface area contributed by atoms with Crippen molar-refractivity contribution in [1.29, 1.82) is 0 Å². The minimum Gasteiger partial charge on any atom is -0.496 e. The van der Waals surface area contributed by atoms with Crippen molar-refractivity contribution in [2.24, 2.45) is 5.92 Å². The fourth-order valence-electron chi connectivity index (χ4n) is 3.65. The van der Waals surface area contributed by atoms with Crippen molar-refractivity contribution in [3.05, 3.63) is 36.4 Å². The molecule has 2 atom stereocenters. The Morgan fingerprint density at radius 2 is 1.54 bits per heavy atom. The lowest BCUT2D eigenvalue weighted by molar-refractivity contribution is 0.240. The summed E-state index contributed by atoms with van der Waals surface area (Å²) in [7, 11) is 2.90. The molecule has 0 spiro atoms. The molecule has 1 aliphatic heterocycles. The van der Waals surface area contributed by atoms with Gasteiger partial charge in [-0.3, -0.25) is 0 Å². The van der Waals surface area contributed by atoms with E-state index in [9.17, 15) is 0 Å². The van der Waals surface area contributed by atoms with Gasteiger partial charge in [-0.15, -0.1) is 0 Å². The molecule has 2 unspecified atom stereocenters. The highest BCUT2D eigenvalue weighted by atomic mass is 31.1. The predicted molar refractivity (Wildman–Crippen MR) is 111 cm³/mol. The summed E-state index contributed by atoms with van der Waals surface area (Å²) < 4.78 is 17.8. The Hall–Kier alpha value is -1.73.